The molecule has 1 heteroatoms. The van der Waals surface area contributed by atoms with E-state index < -0.39 is 6.17 Å². The van der Waals surface area contributed by atoms with Crippen LogP contribution < -0.4 is 0 Å². The van der Waals surface area contributed by atoms with Crippen LogP contribution in [0.3, 0.4) is 0 Å². The van der Waals surface area contributed by atoms with Crippen LogP contribution >= 0.6 is 0 Å². The molecular formula is C16H31F. The van der Waals surface area contributed by atoms with Gasteiger partial charge in [-0.15, -0.1) is 0 Å². The van der Waals surface area contributed by atoms with Crippen molar-refractivity contribution in [2.24, 2.45) is 11.8 Å². The molecule has 17 heavy (non-hydrogen) atoms. The fourth-order valence-electron chi connectivity index (χ4n) is 1.63. The van der Waals surface area contributed by atoms with Crippen LogP contribution in [0.1, 0.15) is 60.8 Å². The second kappa shape index (κ2) is 11.9. The van der Waals surface area contributed by atoms with Crippen LogP contribution in [-0.4, -0.2) is 6.17 Å². The van der Waals surface area contributed by atoms with E-state index in [-0.39, 0.29) is 0 Å². The molecule has 0 aromatic carbocycles. The van der Waals surface area contributed by atoms with Gasteiger partial charge in [0.15, 0.2) is 0 Å². The van der Waals surface area contributed by atoms with Crippen molar-refractivity contribution in [1.82, 2.24) is 0 Å². The first-order valence-electron chi connectivity index (χ1n) is 6.88. The van der Waals surface area contributed by atoms with Crippen LogP contribution in [0, 0.1) is 11.8 Å². The number of hydrogen-bond donors (Lipinski definition) is 0. The smallest absolute Gasteiger partial charge is 0.101 e. The maximum atomic E-state index is 11.8. The molecule has 0 N–H and O–H groups in total. The molecule has 1 atom stereocenters. The second-order valence-electron chi connectivity index (χ2n) is 4.71. The highest BCUT2D eigenvalue weighted by atomic mass is 19.1. The molecule has 0 heterocycles. The molecule has 0 bridgehead atoms. The van der Waals surface area contributed by atoms with Crippen molar-refractivity contribution in [2.75, 3.05) is 0 Å². The monoisotopic (exact) mass is 242 g/mol. The van der Waals surface area contributed by atoms with E-state index in [9.17, 15) is 4.39 Å². The van der Waals surface area contributed by atoms with Crippen LogP contribution in [0.25, 0.3) is 0 Å². The molecule has 0 saturated heterocycles. The molecule has 102 valence electrons. The molecule has 0 aromatic rings. The van der Waals surface area contributed by atoms with E-state index in [1.165, 1.54) is 18.4 Å². The van der Waals surface area contributed by atoms with Crippen molar-refractivity contribution in [2.45, 2.75) is 67.0 Å². The van der Waals surface area contributed by atoms with Crippen molar-refractivity contribution in [3.63, 3.8) is 0 Å². The molecule has 1 rings (SSSR count). The van der Waals surface area contributed by atoms with Crippen LogP contribution in [0.4, 0.5) is 4.39 Å². The molecule has 0 aliphatic heterocycles. The zero-order valence-corrected chi connectivity index (χ0v) is 12.6. The number of halogens is 1. The Hall–Kier alpha value is -0.590. The maximum Gasteiger partial charge on any atom is 0.101 e. The minimum atomic E-state index is -0.684. The minimum absolute atomic E-state index is 0.552. The van der Waals surface area contributed by atoms with Gasteiger partial charge in [-0.2, -0.15) is 0 Å². The van der Waals surface area contributed by atoms with E-state index in [0.717, 1.165) is 11.8 Å². The maximum absolute atomic E-state index is 11.8. The SMILES string of the molecule is C/C=C\CC(C)F.C=C(C)C1CC(C)C1.CC. The van der Waals surface area contributed by atoms with Gasteiger partial charge < -0.3 is 0 Å². The van der Waals surface area contributed by atoms with Gasteiger partial charge in [0.05, 0.1) is 0 Å². The zero-order valence-electron chi connectivity index (χ0n) is 12.6. The van der Waals surface area contributed by atoms with Crippen molar-refractivity contribution >= 4 is 0 Å². The highest BCUT2D eigenvalue weighted by Crippen LogP contribution is 2.37. The normalized spacial score (nSPS) is 23.7. The summed E-state index contributed by atoms with van der Waals surface area (Å²) < 4.78 is 11.8. The summed E-state index contributed by atoms with van der Waals surface area (Å²) in [6.07, 6.45) is 6.32. The summed E-state index contributed by atoms with van der Waals surface area (Å²) in [6, 6.07) is 0. The first-order valence-corrected chi connectivity index (χ1v) is 6.88. The Morgan fingerprint density at radius 2 is 1.88 bits per heavy atom. The van der Waals surface area contributed by atoms with E-state index >= 15 is 0 Å². The molecule has 1 fully saturated rings. The molecule has 0 amide bonds. The molecule has 1 saturated carbocycles. The topological polar surface area (TPSA) is 0 Å². The summed E-state index contributed by atoms with van der Waals surface area (Å²) in [5.74, 6) is 1.83. The lowest BCUT2D eigenvalue weighted by Crippen LogP contribution is -2.21. The van der Waals surface area contributed by atoms with Crippen molar-refractivity contribution in [1.29, 1.82) is 0 Å². The molecular weight excluding hydrogens is 211 g/mol. The predicted molar refractivity (Wildman–Crippen MR) is 78.1 cm³/mol. The van der Waals surface area contributed by atoms with Crippen molar-refractivity contribution in [3.8, 4) is 0 Å². The van der Waals surface area contributed by atoms with Crippen LogP contribution in [0.2, 0.25) is 0 Å². The lowest BCUT2D eigenvalue weighted by molar-refractivity contribution is 0.250. The van der Waals surface area contributed by atoms with E-state index in [4.69, 9.17) is 0 Å². The zero-order chi connectivity index (χ0) is 13.8. The fraction of sp³-hybridized carbons (Fsp3) is 0.750. The van der Waals surface area contributed by atoms with E-state index in [1.54, 1.807) is 6.92 Å². The highest BCUT2D eigenvalue weighted by Gasteiger charge is 2.24. The van der Waals surface area contributed by atoms with Gasteiger partial charge in [-0.3, -0.25) is 0 Å². The number of allylic oxidation sites excluding steroid dienone is 3. The minimum Gasteiger partial charge on any atom is -0.247 e. The lowest BCUT2D eigenvalue weighted by Gasteiger charge is -2.32. The molecule has 1 aliphatic rings. The summed E-state index contributed by atoms with van der Waals surface area (Å²) in [4.78, 5) is 0. The third-order valence-electron chi connectivity index (χ3n) is 2.77. The van der Waals surface area contributed by atoms with Crippen LogP contribution in [0.15, 0.2) is 24.3 Å². The van der Waals surface area contributed by atoms with Gasteiger partial charge in [0.1, 0.15) is 6.17 Å². The average Bonchev–Trinajstić information content (AvgIpc) is 2.25. The van der Waals surface area contributed by atoms with E-state index in [1.807, 2.05) is 32.9 Å². The first-order chi connectivity index (χ1) is 7.97. The fourth-order valence-corrected chi connectivity index (χ4v) is 1.63. The lowest BCUT2D eigenvalue weighted by atomic mass is 9.73. The summed E-state index contributed by atoms with van der Waals surface area (Å²) >= 11 is 0. The molecule has 0 radical (unpaired) electrons. The standard InChI is InChI=1S/C8H14.C6H11F.C2H6/c1-6(2)8-4-7(3)5-8;1-3-4-5-6(2)7;1-2/h7-8H,1,4-5H2,2-3H3;3-4,6H,5H2,1-2H3;1-2H3/b;4-3-;. The van der Waals surface area contributed by atoms with Gasteiger partial charge in [0, 0.05) is 0 Å². The third kappa shape index (κ3) is 11.7. The van der Waals surface area contributed by atoms with Crippen molar-refractivity contribution < 1.29 is 4.39 Å². The molecule has 0 nitrogen and oxygen atoms in total. The predicted octanol–water partition coefficient (Wildman–Crippen LogP) is 5.95. The Labute approximate surface area is 108 Å². The molecule has 0 aromatic heterocycles. The quantitative estimate of drug-likeness (QED) is 0.537. The van der Waals surface area contributed by atoms with E-state index in [2.05, 4.69) is 20.4 Å². The Balaban J connectivity index is 0. The largest absolute Gasteiger partial charge is 0.247 e. The summed E-state index contributed by atoms with van der Waals surface area (Å²) in [5.41, 5.74) is 1.38. The average molecular weight is 242 g/mol. The summed E-state index contributed by atoms with van der Waals surface area (Å²) in [6.45, 7) is 15.8. The van der Waals surface area contributed by atoms with Gasteiger partial charge >= 0.3 is 0 Å². The second-order valence-corrected chi connectivity index (χ2v) is 4.71. The number of alkyl halides is 1. The Morgan fingerprint density at radius 1 is 1.41 bits per heavy atom. The van der Waals surface area contributed by atoms with Gasteiger partial charge in [0.25, 0.3) is 0 Å². The summed E-state index contributed by atoms with van der Waals surface area (Å²) in [5, 5.41) is 0. The van der Waals surface area contributed by atoms with Gasteiger partial charge in [-0.05, 0) is 51.9 Å². The van der Waals surface area contributed by atoms with Gasteiger partial charge in [-0.25, -0.2) is 4.39 Å². The Morgan fingerprint density at radius 3 is 2.00 bits per heavy atom. The van der Waals surface area contributed by atoms with Gasteiger partial charge in [0.2, 0.25) is 0 Å². The number of hydrogen-bond acceptors (Lipinski definition) is 0. The molecule has 1 aliphatic carbocycles. The third-order valence-corrected chi connectivity index (χ3v) is 2.77. The molecule has 0 spiro atoms. The molecule has 1 unspecified atom stereocenters. The Kier molecular flexibility index (Phi) is 13.1. The van der Waals surface area contributed by atoms with Crippen LogP contribution in [0.5, 0.6) is 0 Å². The summed E-state index contributed by atoms with van der Waals surface area (Å²) in [7, 11) is 0. The Bertz CT molecular complexity index is 198. The van der Waals surface area contributed by atoms with Crippen LogP contribution in [-0.2, 0) is 0 Å². The number of rotatable bonds is 3. The van der Waals surface area contributed by atoms with Gasteiger partial charge in [-0.1, -0.05) is 45.1 Å². The first kappa shape index (κ1) is 18.8. The van der Waals surface area contributed by atoms with E-state index in [0.29, 0.717) is 6.42 Å². The van der Waals surface area contributed by atoms with Crippen molar-refractivity contribution in [3.05, 3.63) is 24.3 Å². The highest BCUT2D eigenvalue weighted by molar-refractivity contribution is 5.01.